The van der Waals surface area contributed by atoms with Crippen molar-refractivity contribution in [3.63, 3.8) is 0 Å². The summed E-state index contributed by atoms with van der Waals surface area (Å²) in [7, 11) is 3.38. The van der Waals surface area contributed by atoms with Crippen LogP contribution in [0.25, 0.3) is 0 Å². The zero-order valence-electron chi connectivity index (χ0n) is 15.3. The maximum absolute atomic E-state index is 5.66. The summed E-state index contributed by atoms with van der Waals surface area (Å²) in [5.41, 5.74) is 1.99. The van der Waals surface area contributed by atoms with Crippen molar-refractivity contribution in [3.05, 3.63) is 47.2 Å². The number of ether oxygens (including phenoxy) is 2. The van der Waals surface area contributed by atoms with Gasteiger partial charge in [-0.1, -0.05) is 12.1 Å². The Kier molecular flexibility index (Phi) is 7.28. The highest BCUT2D eigenvalue weighted by molar-refractivity contribution is 5.79. The monoisotopic (exact) mass is 346 g/mol. The molecule has 0 aliphatic carbocycles. The Bertz CT molecular complexity index is 678. The molecule has 0 aliphatic heterocycles. The molecular weight excluding hydrogens is 320 g/mol. The fourth-order valence-corrected chi connectivity index (χ4v) is 2.19. The third-order valence-electron chi connectivity index (χ3n) is 3.65. The molecule has 1 aromatic carbocycles. The van der Waals surface area contributed by atoms with Crippen molar-refractivity contribution < 1.29 is 13.9 Å². The second-order valence-electron chi connectivity index (χ2n) is 5.51. The molecule has 7 nitrogen and oxygen atoms in total. The lowest BCUT2D eigenvalue weighted by molar-refractivity contribution is 0.125. The van der Waals surface area contributed by atoms with Crippen molar-refractivity contribution in [1.29, 1.82) is 0 Å². The van der Waals surface area contributed by atoms with Gasteiger partial charge < -0.3 is 24.5 Å². The van der Waals surface area contributed by atoms with Gasteiger partial charge in [-0.2, -0.15) is 0 Å². The van der Waals surface area contributed by atoms with Crippen LogP contribution in [0.2, 0.25) is 0 Å². The number of hydrogen-bond donors (Lipinski definition) is 2. The van der Waals surface area contributed by atoms with Gasteiger partial charge in [0.1, 0.15) is 11.5 Å². The van der Waals surface area contributed by atoms with Crippen LogP contribution in [0.3, 0.4) is 0 Å². The molecule has 136 valence electrons. The van der Waals surface area contributed by atoms with Gasteiger partial charge in [0, 0.05) is 13.6 Å². The van der Waals surface area contributed by atoms with Crippen molar-refractivity contribution in [1.82, 2.24) is 15.6 Å². The fourth-order valence-electron chi connectivity index (χ4n) is 2.19. The van der Waals surface area contributed by atoms with Gasteiger partial charge in [0.05, 0.1) is 32.6 Å². The lowest BCUT2D eigenvalue weighted by atomic mass is 10.2. The highest BCUT2D eigenvalue weighted by Gasteiger charge is 2.06. The summed E-state index contributed by atoms with van der Waals surface area (Å²) in [6, 6.07) is 7.84. The van der Waals surface area contributed by atoms with Gasteiger partial charge in [0.2, 0.25) is 5.89 Å². The Labute approximate surface area is 148 Å². The zero-order chi connectivity index (χ0) is 18.1. The predicted octanol–water partition coefficient (Wildman–Crippen LogP) is 2.18. The first kappa shape index (κ1) is 18.8. The van der Waals surface area contributed by atoms with E-state index in [-0.39, 0.29) is 0 Å². The lowest BCUT2D eigenvalue weighted by Crippen LogP contribution is -2.38. The molecule has 2 aromatic rings. The highest BCUT2D eigenvalue weighted by Crippen LogP contribution is 2.13. The largest absolute Gasteiger partial charge is 0.497 e. The molecule has 0 saturated carbocycles. The number of nitrogens with one attached hydrogen (secondary N) is 2. The van der Waals surface area contributed by atoms with E-state index in [0.717, 1.165) is 22.8 Å². The summed E-state index contributed by atoms with van der Waals surface area (Å²) in [4.78, 5) is 8.49. The topological polar surface area (TPSA) is 80.9 Å². The van der Waals surface area contributed by atoms with Gasteiger partial charge in [0.25, 0.3) is 0 Å². The quantitative estimate of drug-likeness (QED) is 0.433. The molecule has 0 amide bonds. The molecule has 1 aromatic heterocycles. The van der Waals surface area contributed by atoms with Gasteiger partial charge in [-0.25, -0.2) is 4.98 Å². The number of rotatable bonds is 8. The Morgan fingerprint density at radius 2 is 2.12 bits per heavy atom. The Hall–Kier alpha value is -2.54. The average Bonchev–Trinajstić information content (AvgIpc) is 2.95. The number of hydrogen-bond acceptors (Lipinski definition) is 5. The minimum atomic E-state index is 0.485. The van der Waals surface area contributed by atoms with Crippen LogP contribution in [0.5, 0.6) is 5.75 Å². The van der Waals surface area contributed by atoms with Crippen LogP contribution in [0, 0.1) is 13.8 Å². The number of aryl methyl sites for hydroxylation is 2. The molecule has 0 bridgehead atoms. The molecule has 0 saturated heterocycles. The summed E-state index contributed by atoms with van der Waals surface area (Å²) in [5.74, 6) is 3.00. The first-order valence-corrected chi connectivity index (χ1v) is 8.20. The normalized spacial score (nSPS) is 11.4. The SMILES string of the molecule is CN=C(NCCOCc1cccc(OC)c1)NCc1nc(C)c(C)o1. The molecule has 0 fully saturated rings. The van der Waals surface area contributed by atoms with Crippen molar-refractivity contribution in [2.24, 2.45) is 4.99 Å². The summed E-state index contributed by atoms with van der Waals surface area (Å²) in [5, 5.41) is 6.35. The average molecular weight is 346 g/mol. The van der Waals surface area contributed by atoms with Gasteiger partial charge in [-0.3, -0.25) is 4.99 Å². The van der Waals surface area contributed by atoms with Crippen molar-refractivity contribution >= 4 is 5.96 Å². The van der Waals surface area contributed by atoms with Crippen LogP contribution in [-0.2, 0) is 17.9 Å². The number of aromatic nitrogens is 1. The number of guanidine groups is 1. The first-order valence-electron chi connectivity index (χ1n) is 8.20. The van der Waals surface area contributed by atoms with Crippen molar-refractivity contribution in [2.45, 2.75) is 27.0 Å². The maximum atomic E-state index is 5.66. The molecule has 7 heteroatoms. The minimum absolute atomic E-state index is 0.485. The van der Waals surface area contributed by atoms with E-state index in [1.54, 1.807) is 14.2 Å². The predicted molar refractivity (Wildman–Crippen MR) is 96.8 cm³/mol. The molecule has 0 unspecified atom stereocenters. The van der Waals surface area contributed by atoms with E-state index in [1.165, 1.54) is 0 Å². The highest BCUT2D eigenvalue weighted by atomic mass is 16.5. The van der Waals surface area contributed by atoms with E-state index >= 15 is 0 Å². The van der Waals surface area contributed by atoms with Crippen LogP contribution in [0.1, 0.15) is 22.9 Å². The molecule has 2 rings (SSSR count). The van der Waals surface area contributed by atoms with Crippen LogP contribution in [0.4, 0.5) is 0 Å². The van der Waals surface area contributed by atoms with Crippen LogP contribution < -0.4 is 15.4 Å². The fraction of sp³-hybridized carbons (Fsp3) is 0.444. The van der Waals surface area contributed by atoms with E-state index in [2.05, 4.69) is 20.6 Å². The minimum Gasteiger partial charge on any atom is -0.497 e. The summed E-state index contributed by atoms with van der Waals surface area (Å²) < 4.78 is 16.4. The van der Waals surface area contributed by atoms with E-state index in [0.29, 0.717) is 38.2 Å². The van der Waals surface area contributed by atoms with Gasteiger partial charge in [0.15, 0.2) is 5.96 Å². The third kappa shape index (κ3) is 6.11. The van der Waals surface area contributed by atoms with Crippen molar-refractivity contribution in [3.8, 4) is 5.75 Å². The number of methoxy groups -OCH3 is 1. The Morgan fingerprint density at radius 1 is 1.28 bits per heavy atom. The standard InChI is InChI=1S/C18H26N4O3/c1-13-14(2)25-17(22-13)11-21-18(19-3)20-8-9-24-12-15-6-5-7-16(10-15)23-4/h5-7,10H,8-9,11-12H2,1-4H3,(H2,19,20,21). The maximum Gasteiger partial charge on any atom is 0.214 e. The number of benzene rings is 1. The lowest BCUT2D eigenvalue weighted by Gasteiger charge is -2.11. The summed E-state index contributed by atoms with van der Waals surface area (Å²) >= 11 is 0. The van der Waals surface area contributed by atoms with E-state index in [1.807, 2.05) is 38.1 Å². The van der Waals surface area contributed by atoms with Gasteiger partial charge in [-0.15, -0.1) is 0 Å². The van der Waals surface area contributed by atoms with E-state index in [9.17, 15) is 0 Å². The molecule has 2 N–H and O–H groups in total. The molecule has 0 spiro atoms. The molecule has 0 atom stereocenters. The summed E-state index contributed by atoms with van der Waals surface area (Å²) in [6.07, 6.45) is 0. The molecular formula is C18H26N4O3. The molecule has 0 aliphatic rings. The second-order valence-corrected chi connectivity index (χ2v) is 5.51. The number of nitrogens with zero attached hydrogens (tertiary/aromatic N) is 2. The molecule has 0 radical (unpaired) electrons. The van der Waals surface area contributed by atoms with E-state index in [4.69, 9.17) is 13.9 Å². The smallest absolute Gasteiger partial charge is 0.214 e. The Balaban J connectivity index is 1.65. The summed E-state index contributed by atoms with van der Waals surface area (Å²) in [6.45, 7) is 6.06. The van der Waals surface area contributed by atoms with Crippen LogP contribution >= 0.6 is 0 Å². The van der Waals surface area contributed by atoms with Gasteiger partial charge in [-0.05, 0) is 31.5 Å². The molecule has 1 heterocycles. The third-order valence-corrected chi connectivity index (χ3v) is 3.65. The van der Waals surface area contributed by atoms with Gasteiger partial charge >= 0.3 is 0 Å². The molecule has 25 heavy (non-hydrogen) atoms. The zero-order valence-corrected chi connectivity index (χ0v) is 15.3. The van der Waals surface area contributed by atoms with Crippen molar-refractivity contribution in [2.75, 3.05) is 27.3 Å². The second kappa shape index (κ2) is 9.68. The van der Waals surface area contributed by atoms with Crippen LogP contribution in [0.15, 0.2) is 33.7 Å². The number of oxazole rings is 1. The van der Waals surface area contributed by atoms with E-state index < -0.39 is 0 Å². The number of aliphatic imine (C=N–C) groups is 1. The Morgan fingerprint density at radius 3 is 2.80 bits per heavy atom. The van der Waals surface area contributed by atoms with Crippen LogP contribution in [-0.4, -0.2) is 38.3 Å². The first-order chi connectivity index (χ1) is 12.1.